The van der Waals surface area contributed by atoms with Crippen LogP contribution in [0.5, 0.6) is 0 Å². The minimum Gasteiger partial charge on any atom is -0.452 e. The molecule has 172 valence electrons. The molecule has 0 fully saturated rings. The maximum atomic E-state index is 12.8. The molecule has 3 N–H and O–H groups in total. The highest BCUT2D eigenvalue weighted by molar-refractivity contribution is 6.35. The smallest absolute Gasteiger partial charge is 0.340 e. The van der Waals surface area contributed by atoms with Gasteiger partial charge in [-0.1, -0.05) is 53.5 Å². The van der Waals surface area contributed by atoms with Gasteiger partial charge in [0.1, 0.15) is 5.82 Å². The third kappa shape index (κ3) is 5.44. The predicted octanol–water partition coefficient (Wildman–Crippen LogP) is 2.68. The topological polar surface area (TPSA) is 127 Å². The van der Waals surface area contributed by atoms with E-state index in [1.54, 1.807) is 31.2 Å². The number of carbonyl (C=O) groups excluding carboxylic acids is 2. The van der Waals surface area contributed by atoms with Crippen LogP contribution in [0.2, 0.25) is 10.0 Å². The minimum absolute atomic E-state index is 0.00575. The van der Waals surface area contributed by atoms with Crippen molar-refractivity contribution in [2.45, 2.75) is 13.5 Å². The van der Waals surface area contributed by atoms with Crippen molar-refractivity contribution in [2.24, 2.45) is 0 Å². The molecule has 0 aliphatic heterocycles. The molecule has 2 aromatic carbocycles. The van der Waals surface area contributed by atoms with E-state index in [9.17, 15) is 19.2 Å². The second kappa shape index (κ2) is 10.4. The van der Waals surface area contributed by atoms with Crippen LogP contribution in [0.4, 0.5) is 11.5 Å². The van der Waals surface area contributed by atoms with Crippen molar-refractivity contribution in [1.82, 2.24) is 9.55 Å². The highest BCUT2D eigenvalue weighted by Gasteiger charge is 2.24. The summed E-state index contributed by atoms with van der Waals surface area (Å²) in [6.45, 7) is 1.04. The Morgan fingerprint density at radius 2 is 1.82 bits per heavy atom. The van der Waals surface area contributed by atoms with Crippen molar-refractivity contribution in [3.8, 4) is 0 Å². The second-order valence-electron chi connectivity index (χ2n) is 6.90. The summed E-state index contributed by atoms with van der Waals surface area (Å²) < 4.78 is 6.22. The summed E-state index contributed by atoms with van der Waals surface area (Å²) in [4.78, 5) is 53.3. The van der Waals surface area contributed by atoms with Crippen LogP contribution in [0.15, 0.2) is 58.1 Å². The fraction of sp³-hybridized carbons (Fsp3) is 0.182. The van der Waals surface area contributed by atoms with E-state index in [1.165, 1.54) is 18.2 Å². The van der Waals surface area contributed by atoms with Crippen LogP contribution in [0.1, 0.15) is 22.8 Å². The van der Waals surface area contributed by atoms with Crippen LogP contribution in [0, 0.1) is 0 Å². The van der Waals surface area contributed by atoms with Crippen molar-refractivity contribution in [3.63, 3.8) is 0 Å². The Balaban J connectivity index is 1.86. The Morgan fingerprint density at radius 1 is 1.12 bits per heavy atom. The molecule has 1 amide bonds. The lowest BCUT2D eigenvalue weighted by atomic mass is 10.2. The molecule has 0 spiro atoms. The molecule has 0 atom stereocenters. The average molecular weight is 491 g/mol. The van der Waals surface area contributed by atoms with Crippen LogP contribution in [0.3, 0.4) is 0 Å². The maximum absolute atomic E-state index is 12.8. The zero-order valence-corrected chi connectivity index (χ0v) is 19.0. The maximum Gasteiger partial charge on any atom is 0.340 e. The second-order valence-corrected chi connectivity index (χ2v) is 7.75. The first-order valence-corrected chi connectivity index (χ1v) is 10.6. The Labute approximate surface area is 198 Å². The monoisotopic (exact) mass is 490 g/mol. The van der Waals surface area contributed by atoms with Crippen molar-refractivity contribution in [3.05, 3.63) is 90.5 Å². The van der Waals surface area contributed by atoms with Gasteiger partial charge < -0.3 is 15.4 Å². The molecular weight excluding hydrogens is 471 g/mol. The molecule has 0 radical (unpaired) electrons. The number of hydrogen-bond acceptors (Lipinski definition) is 6. The van der Waals surface area contributed by atoms with Gasteiger partial charge in [0.25, 0.3) is 11.5 Å². The van der Waals surface area contributed by atoms with E-state index < -0.39 is 29.7 Å². The van der Waals surface area contributed by atoms with Gasteiger partial charge in [-0.15, -0.1) is 0 Å². The number of nitrogens with two attached hydrogens (primary N) is 1. The molecule has 0 unspecified atom stereocenters. The number of halogens is 2. The number of carbonyl (C=O) groups is 2. The number of benzene rings is 2. The zero-order valence-electron chi connectivity index (χ0n) is 17.5. The molecule has 11 heteroatoms. The van der Waals surface area contributed by atoms with Crippen molar-refractivity contribution in [2.75, 3.05) is 23.8 Å². The number of anilines is 2. The van der Waals surface area contributed by atoms with E-state index in [1.807, 2.05) is 6.07 Å². The van der Waals surface area contributed by atoms with Gasteiger partial charge in [0.05, 0.1) is 17.1 Å². The molecule has 1 aromatic heterocycles. The van der Waals surface area contributed by atoms with Gasteiger partial charge >= 0.3 is 11.7 Å². The Bertz CT molecular complexity index is 1300. The lowest BCUT2D eigenvalue weighted by molar-refractivity contribution is -0.121. The quantitative estimate of drug-likeness (QED) is 0.490. The van der Waals surface area contributed by atoms with E-state index in [0.717, 1.165) is 15.0 Å². The predicted molar refractivity (Wildman–Crippen MR) is 126 cm³/mol. The van der Waals surface area contributed by atoms with Gasteiger partial charge in [-0.2, -0.15) is 0 Å². The molecule has 1 heterocycles. The van der Waals surface area contributed by atoms with Crippen molar-refractivity contribution >= 4 is 46.6 Å². The number of amides is 1. The fourth-order valence-corrected chi connectivity index (χ4v) is 3.52. The van der Waals surface area contributed by atoms with Crippen molar-refractivity contribution < 1.29 is 14.3 Å². The number of likely N-dealkylation sites (N-methyl/N-ethyl adjacent to an activating group) is 1. The third-order valence-corrected chi connectivity index (χ3v) is 5.32. The summed E-state index contributed by atoms with van der Waals surface area (Å²) in [6, 6.07) is 13.2. The van der Waals surface area contributed by atoms with Crippen LogP contribution >= 0.6 is 23.2 Å². The van der Waals surface area contributed by atoms with Crippen LogP contribution < -0.4 is 21.9 Å². The number of nitrogen functional groups attached to an aromatic ring is 1. The first-order valence-electron chi connectivity index (χ1n) is 9.82. The first kappa shape index (κ1) is 24.1. The summed E-state index contributed by atoms with van der Waals surface area (Å²) in [5.41, 5.74) is 5.15. The minimum atomic E-state index is -0.858. The first-order chi connectivity index (χ1) is 15.7. The number of hydrogen-bond donors (Lipinski definition) is 2. The van der Waals surface area contributed by atoms with Gasteiger partial charge in [-0.25, -0.2) is 9.59 Å². The van der Waals surface area contributed by atoms with E-state index in [-0.39, 0.29) is 40.2 Å². The molecule has 0 aliphatic rings. The van der Waals surface area contributed by atoms with Crippen LogP contribution in [-0.4, -0.2) is 34.6 Å². The van der Waals surface area contributed by atoms with Gasteiger partial charge in [0.2, 0.25) is 0 Å². The standard InChI is InChI=1S/C22H20Cl2N4O5/c1-2-27(17(29)12-33-21(31)15-10-14(23)8-9-16(15)24)18-19(25)28(22(32)26-20(18)30)11-13-6-4-3-5-7-13/h3-10H,2,11-12,25H2,1H3,(H,26,30,32). The van der Waals surface area contributed by atoms with Crippen molar-refractivity contribution in [1.29, 1.82) is 0 Å². The zero-order chi connectivity index (χ0) is 24.1. The summed E-state index contributed by atoms with van der Waals surface area (Å²) in [7, 11) is 0. The lowest BCUT2D eigenvalue weighted by Crippen LogP contribution is -2.42. The summed E-state index contributed by atoms with van der Waals surface area (Å²) in [6.07, 6.45) is 0. The number of aromatic nitrogens is 2. The van der Waals surface area contributed by atoms with Gasteiger partial charge in [0.15, 0.2) is 12.3 Å². The number of aromatic amines is 1. The number of ether oxygens (including phenoxy) is 1. The van der Waals surface area contributed by atoms with Crippen LogP contribution in [0.25, 0.3) is 0 Å². The molecule has 3 rings (SSSR count). The SMILES string of the molecule is CCN(C(=O)COC(=O)c1cc(Cl)ccc1Cl)c1c(N)n(Cc2ccccc2)c(=O)[nH]c1=O. The highest BCUT2D eigenvalue weighted by Crippen LogP contribution is 2.22. The van der Waals surface area contributed by atoms with Crippen LogP contribution in [-0.2, 0) is 16.1 Å². The molecular formula is C22H20Cl2N4O5. The lowest BCUT2D eigenvalue weighted by Gasteiger charge is -2.23. The molecule has 9 nitrogen and oxygen atoms in total. The number of H-pyrrole nitrogens is 1. The normalized spacial score (nSPS) is 10.6. The summed E-state index contributed by atoms with van der Waals surface area (Å²) in [5, 5.41) is 0.380. The fourth-order valence-electron chi connectivity index (χ4n) is 3.16. The van der Waals surface area contributed by atoms with Gasteiger partial charge in [-0.3, -0.25) is 19.1 Å². The Kier molecular flexibility index (Phi) is 7.57. The molecule has 0 saturated heterocycles. The molecule has 33 heavy (non-hydrogen) atoms. The summed E-state index contributed by atoms with van der Waals surface area (Å²) >= 11 is 11.9. The third-order valence-electron chi connectivity index (χ3n) is 4.76. The molecule has 3 aromatic rings. The van der Waals surface area contributed by atoms with E-state index in [2.05, 4.69) is 4.98 Å². The average Bonchev–Trinajstić information content (AvgIpc) is 2.79. The van der Waals surface area contributed by atoms with E-state index in [4.69, 9.17) is 33.7 Å². The highest BCUT2D eigenvalue weighted by atomic mass is 35.5. The largest absolute Gasteiger partial charge is 0.452 e. The number of rotatable bonds is 7. The van der Waals surface area contributed by atoms with E-state index >= 15 is 0 Å². The molecule has 0 saturated carbocycles. The number of nitrogens with zero attached hydrogens (tertiary/aromatic N) is 2. The Hall–Kier alpha value is -3.56. The molecule has 0 bridgehead atoms. The molecule has 0 aliphatic carbocycles. The number of nitrogens with one attached hydrogen (secondary N) is 1. The van der Waals surface area contributed by atoms with E-state index in [0.29, 0.717) is 0 Å². The number of esters is 1. The Morgan fingerprint density at radius 3 is 2.48 bits per heavy atom. The summed E-state index contributed by atoms with van der Waals surface area (Å²) in [5.74, 6) is -1.76. The van der Waals surface area contributed by atoms with Gasteiger partial charge in [0, 0.05) is 11.6 Å². The van der Waals surface area contributed by atoms with Gasteiger partial charge in [-0.05, 0) is 30.7 Å².